The largest absolute Gasteiger partial charge is 0.371 e. The number of rotatable bonds is 12. The van der Waals surface area contributed by atoms with Crippen LogP contribution in [0.4, 0.5) is 5.69 Å². The minimum atomic E-state index is -0.919. The van der Waals surface area contributed by atoms with Crippen molar-refractivity contribution in [1.29, 1.82) is 0 Å². The smallest absolute Gasteiger partial charge is 0.262 e. The fraction of sp³-hybridized carbons (Fsp3) is 0.565. The molecule has 0 radical (unpaired) electrons. The molecule has 1 aliphatic rings. The molecular weight excluding hydrogens is 382 g/mol. The maximum Gasteiger partial charge on any atom is 0.262 e. The predicted molar refractivity (Wildman–Crippen MR) is 117 cm³/mol. The van der Waals surface area contributed by atoms with E-state index in [0.29, 0.717) is 17.5 Å². The highest BCUT2D eigenvalue weighted by Gasteiger charge is 2.43. The molecule has 1 aromatic carbocycles. The van der Waals surface area contributed by atoms with Crippen LogP contribution < -0.4 is 10.2 Å². The van der Waals surface area contributed by atoms with Gasteiger partial charge in [-0.1, -0.05) is 20.3 Å². The third-order valence-electron chi connectivity index (χ3n) is 5.59. The van der Waals surface area contributed by atoms with E-state index in [9.17, 15) is 19.2 Å². The topological polar surface area (TPSA) is 86.8 Å². The molecule has 0 saturated heterocycles. The van der Waals surface area contributed by atoms with Crippen molar-refractivity contribution in [3.63, 3.8) is 0 Å². The Morgan fingerprint density at radius 3 is 2.47 bits per heavy atom. The molecule has 0 aliphatic carbocycles. The van der Waals surface area contributed by atoms with Crippen LogP contribution in [0.5, 0.6) is 0 Å². The molecule has 7 nitrogen and oxygen atoms in total. The standard InChI is InChI=1S/C23H33N3O4/c1-5-7-14-25(13-6-2)18-12-11-17-20(16(18)3)23(30)26(22(17)29)19(21(28)24-4)10-8-9-15-27/h11-12,15,19H,5-10,13-14H2,1-4H3,(H,24,28). The van der Waals surface area contributed by atoms with Gasteiger partial charge in [-0.2, -0.15) is 0 Å². The Balaban J connectivity index is 2.42. The molecule has 1 aromatic rings. The number of nitrogens with one attached hydrogen (secondary N) is 1. The normalized spacial score (nSPS) is 13.9. The molecule has 0 saturated carbocycles. The molecule has 30 heavy (non-hydrogen) atoms. The molecule has 164 valence electrons. The summed E-state index contributed by atoms with van der Waals surface area (Å²) in [6, 6.07) is 2.70. The van der Waals surface area contributed by atoms with Gasteiger partial charge >= 0.3 is 0 Å². The highest BCUT2D eigenvalue weighted by Crippen LogP contribution is 2.34. The number of unbranched alkanes of at least 4 members (excludes halogenated alkanes) is 2. The summed E-state index contributed by atoms with van der Waals surface area (Å²) in [6.45, 7) is 7.90. The van der Waals surface area contributed by atoms with Gasteiger partial charge in [-0.15, -0.1) is 0 Å². The van der Waals surface area contributed by atoms with Crippen LogP contribution in [0, 0.1) is 6.92 Å². The van der Waals surface area contributed by atoms with Crippen LogP contribution in [-0.2, 0) is 9.59 Å². The van der Waals surface area contributed by atoms with E-state index in [1.165, 1.54) is 7.05 Å². The van der Waals surface area contributed by atoms with Crippen LogP contribution in [0.2, 0.25) is 0 Å². The van der Waals surface area contributed by atoms with Crippen molar-refractivity contribution < 1.29 is 19.2 Å². The SMILES string of the molecule is CCCCN(CCC)c1ccc2c(c1C)C(=O)N(C(CCCC=O)C(=O)NC)C2=O. The van der Waals surface area contributed by atoms with E-state index in [1.807, 2.05) is 13.0 Å². The van der Waals surface area contributed by atoms with Crippen LogP contribution in [0.25, 0.3) is 0 Å². The number of nitrogens with zero attached hydrogens (tertiary/aromatic N) is 2. The van der Waals surface area contributed by atoms with E-state index >= 15 is 0 Å². The molecule has 1 heterocycles. The number of aldehydes is 1. The number of fused-ring (bicyclic) bond motifs is 1. The second-order valence-corrected chi connectivity index (χ2v) is 7.68. The maximum atomic E-state index is 13.3. The molecule has 0 spiro atoms. The molecule has 1 atom stereocenters. The summed E-state index contributed by atoms with van der Waals surface area (Å²) in [6.07, 6.45) is 4.85. The molecule has 1 aliphatic heterocycles. The van der Waals surface area contributed by atoms with Gasteiger partial charge in [-0.25, -0.2) is 0 Å². The Bertz CT molecular complexity index is 806. The van der Waals surface area contributed by atoms with Crippen molar-refractivity contribution >= 4 is 29.7 Å². The molecule has 0 bridgehead atoms. The van der Waals surface area contributed by atoms with Crippen LogP contribution in [-0.4, -0.2) is 55.1 Å². The summed E-state index contributed by atoms with van der Waals surface area (Å²) in [5, 5.41) is 2.54. The number of carbonyl (C=O) groups is 4. The number of anilines is 1. The van der Waals surface area contributed by atoms with Crippen molar-refractivity contribution in [3.05, 3.63) is 28.8 Å². The van der Waals surface area contributed by atoms with Gasteiger partial charge in [0, 0.05) is 32.2 Å². The average molecular weight is 416 g/mol. The van der Waals surface area contributed by atoms with Crippen LogP contribution in [0.1, 0.15) is 78.7 Å². The summed E-state index contributed by atoms with van der Waals surface area (Å²) >= 11 is 0. The van der Waals surface area contributed by atoms with Crippen molar-refractivity contribution in [3.8, 4) is 0 Å². The maximum absolute atomic E-state index is 13.3. The van der Waals surface area contributed by atoms with Crippen LogP contribution in [0.15, 0.2) is 12.1 Å². The van der Waals surface area contributed by atoms with Gasteiger partial charge < -0.3 is 15.0 Å². The van der Waals surface area contributed by atoms with Gasteiger partial charge in [0.25, 0.3) is 11.8 Å². The molecule has 1 unspecified atom stereocenters. The van der Waals surface area contributed by atoms with Gasteiger partial charge in [0.2, 0.25) is 5.91 Å². The number of likely N-dealkylation sites (N-methyl/N-ethyl adjacent to an activating group) is 1. The van der Waals surface area contributed by atoms with Crippen molar-refractivity contribution in [2.24, 2.45) is 0 Å². The number of hydrogen-bond donors (Lipinski definition) is 1. The van der Waals surface area contributed by atoms with Gasteiger partial charge in [0.15, 0.2) is 0 Å². The third kappa shape index (κ3) is 4.71. The van der Waals surface area contributed by atoms with Crippen LogP contribution in [0.3, 0.4) is 0 Å². The summed E-state index contributed by atoms with van der Waals surface area (Å²) in [7, 11) is 1.48. The number of imide groups is 1. The van der Waals surface area contributed by atoms with Gasteiger partial charge in [0.05, 0.1) is 11.1 Å². The van der Waals surface area contributed by atoms with Gasteiger partial charge in [-0.3, -0.25) is 19.3 Å². The van der Waals surface area contributed by atoms with Crippen molar-refractivity contribution in [1.82, 2.24) is 10.2 Å². The second kappa shape index (κ2) is 10.9. The Kier molecular flexibility index (Phi) is 8.57. The first kappa shape index (κ1) is 23.6. The average Bonchev–Trinajstić information content (AvgIpc) is 2.99. The lowest BCUT2D eigenvalue weighted by Gasteiger charge is -2.27. The van der Waals surface area contributed by atoms with E-state index < -0.39 is 23.8 Å². The fourth-order valence-corrected chi connectivity index (χ4v) is 4.03. The first-order valence-corrected chi connectivity index (χ1v) is 10.8. The quantitative estimate of drug-likeness (QED) is 0.322. The highest BCUT2D eigenvalue weighted by atomic mass is 16.2. The Morgan fingerprint density at radius 2 is 1.87 bits per heavy atom. The number of hydrogen-bond acceptors (Lipinski definition) is 5. The van der Waals surface area contributed by atoms with Gasteiger partial charge in [-0.05, 0) is 50.3 Å². The third-order valence-corrected chi connectivity index (χ3v) is 5.59. The molecule has 0 aromatic heterocycles. The van der Waals surface area contributed by atoms with Crippen molar-refractivity contribution in [2.45, 2.75) is 65.3 Å². The summed E-state index contributed by atoms with van der Waals surface area (Å²) in [4.78, 5) is 52.8. The first-order valence-electron chi connectivity index (χ1n) is 10.8. The zero-order valence-corrected chi connectivity index (χ0v) is 18.5. The summed E-state index contributed by atoms with van der Waals surface area (Å²) < 4.78 is 0. The molecule has 0 fully saturated rings. The molecule has 3 amide bonds. The zero-order chi connectivity index (χ0) is 22.3. The minimum absolute atomic E-state index is 0.258. The lowest BCUT2D eigenvalue weighted by atomic mass is 10.0. The van der Waals surface area contributed by atoms with Crippen molar-refractivity contribution in [2.75, 3.05) is 25.0 Å². The molecular formula is C23H33N3O4. The van der Waals surface area contributed by atoms with E-state index in [2.05, 4.69) is 24.1 Å². The Hall–Kier alpha value is -2.70. The molecule has 7 heteroatoms. The monoisotopic (exact) mass is 415 g/mol. The van der Waals surface area contributed by atoms with E-state index in [0.717, 1.165) is 54.8 Å². The lowest BCUT2D eigenvalue weighted by Crippen LogP contribution is -2.48. The number of carbonyl (C=O) groups excluding carboxylic acids is 4. The predicted octanol–water partition coefficient (Wildman–Crippen LogP) is 3.09. The first-order chi connectivity index (χ1) is 14.4. The van der Waals surface area contributed by atoms with Crippen LogP contribution >= 0.6 is 0 Å². The lowest BCUT2D eigenvalue weighted by molar-refractivity contribution is -0.124. The second-order valence-electron chi connectivity index (χ2n) is 7.68. The van der Waals surface area contributed by atoms with E-state index in [-0.39, 0.29) is 12.8 Å². The Morgan fingerprint density at radius 1 is 1.13 bits per heavy atom. The number of amides is 3. The minimum Gasteiger partial charge on any atom is -0.371 e. The zero-order valence-electron chi connectivity index (χ0n) is 18.5. The highest BCUT2D eigenvalue weighted by molar-refractivity contribution is 6.24. The van der Waals surface area contributed by atoms with E-state index in [4.69, 9.17) is 0 Å². The number of benzene rings is 1. The van der Waals surface area contributed by atoms with E-state index in [1.54, 1.807) is 6.07 Å². The summed E-state index contributed by atoms with van der Waals surface area (Å²) in [5.41, 5.74) is 2.47. The fourth-order valence-electron chi connectivity index (χ4n) is 4.03. The Labute approximate surface area is 178 Å². The molecule has 2 rings (SSSR count). The summed E-state index contributed by atoms with van der Waals surface area (Å²) in [5.74, 6) is -1.27. The molecule has 1 N–H and O–H groups in total. The van der Waals surface area contributed by atoms with Gasteiger partial charge in [0.1, 0.15) is 12.3 Å².